The lowest BCUT2D eigenvalue weighted by Gasteiger charge is -2.10. The maximum absolute atomic E-state index is 13.5. The van der Waals surface area contributed by atoms with Gasteiger partial charge in [0.15, 0.2) is 17.3 Å². The van der Waals surface area contributed by atoms with Gasteiger partial charge in [0.25, 0.3) is 10.0 Å². The summed E-state index contributed by atoms with van der Waals surface area (Å²) in [7, 11) is -2.72. The first-order chi connectivity index (χ1) is 14.3. The summed E-state index contributed by atoms with van der Waals surface area (Å²) in [5, 5.41) is 9.27. The van der Waals surface area contributed by atoms with E-state index >= 15 is 0 Å². The highest BCUT2D eigenvalue weighted by Gasteiger charge is 2.17. The van der Waals surface area contributed by atoms with Gasteiger partial charge >= 0.3 is 0 Å². The molecule has 154 valence electrons. The predicted octanol–water partition coefficient (Wildman–Crippen LogP) is 4.24. The summed E-state index contributed by atoms with van der Waals surface area (Å²) in [6.45, 7) is 0. The van der Waals surface area contributed by atoms with Crippen LogP contribution in [0, 0.1) is 5.82 Å². The van der Waals surface area contributed by atoms with E-state index in [-0.39, 0.29) is 27.9 Å². The maximum Gasteiger partial charge on any atom is 0.262 e. The van der Waals surface area contributed by atoms with Gasteiger partial charge in [-0.15, -0.1) is 0 Å². The zero-order chi connectivity index (χ0) is 21.7. The number of anilines is 1. The number of phenolic OH excluding ortho intramolecular Hbond substituents is 1. The fourth-order valence-electron chi connectivity index (χ4n) is 2.58. The SMILES string of the molecule is COc1cc(S(=O)(=O)Nc2ccc(C(=O)/C=C/c3ccc(O)cc3)cc2)ccc1F. The highest BCUT2D eigenvalue weighted by molar-refractivity contribution is 7.92. The van der Waals surface area contributed by atoms with Crippen LogP contribution in [0.1, 0.15) is 15.9 Å². The molecule has 0 aromatic heterocycles. The second-order valence-electron chi connectivity index (χ2n) is 6.27. The van der Waals surface area contributed by atoms with Gasteiger partial charge in [-0.3, -0.25) is 9.52 Å². The first kappa shape index (κ1) is 21.1. The van der Waals surface area contributed by atoms with Crippen LogP contribution in [0.25, 0.3) is 6.08 Å². The Morgan fingerprint density at radius 2 is 1.70 bits per heavy atom. The van der Waals surface area contributed by atoms with Crippen LogP contribution in [0.15, 0.2) is 77.7 Å². The summed E-state index contributed by atoms with van der Waals surface area (Å²) in [6, 6.07) is 15.5. The number of nitrogens with one attached hydrogen (secondary N) is 1. The number of hydrogen-bond acceptors (Lipinski definition) is 5. The molecular formula is C22H18FNO5S. The third-order valence-corrected chi connectivity index (χ3v) is 5.55. The number of rotatable bonds is 7. The van der Waals surface area contributed by atoms with Crippen molar-refractivity contribution in [3.05, 3.63) is 89.8 Å². The molecule has 0 bridgehead atoms. The largest absolute Gasteiger partial charge is 0.508 e. The smallest absolute Gasteiger partial charge is 0.262 e. The third-order valence-electron chi connectivity index (χ3n) is 4.17. The van der Waals surface area contributed by atoms with Crippen LogP contribution in [-0.4, -0.2) is 26.4 Å². The van der Waals surface area contributed by atoms with Gasteiger partial charge in [0, 0.05) is 17.3 Å². The second-order valence-corrected chi connectivity index (χ2v) is 7.95. The zero-order valence-electron chi connectivity index (χ0n) is 15.9. The molecule has 0 heterocycles. The van der Waals surface area contributed by atoms with Crippen molar-refractivity contribution in [3.8, 4) is 11.5 Å². The van der Waals surface area contributed by atoms with Gasteiger partial charge < -0.3 is 9.84 Å². The average Bonchev–Trinajstić information content (AvgIpc) is 2.73. The number of ether oxygens (including phenoxy) is 1. The number of carbonyl (C=O) groups excluding carboxylic acids is 1. The monoisotopic (exact) mass is 427 g/mol. The topological polar surface area (TPSA) is 92.7 Å². The van der Waals surface area contributed by atoms with Crippen LogP contribution in [0.4, 0.5) is 10.1 Å². The first-order valence-electron chi connectivity index (χ1n) is 8.76. The molecule has 0 amide bonds. The van der Waals surface area contributed by atoms with Crippen LogP contribution in [0.5, 0.6) is 11.5 Å². The van der Waals surface area contributed by atoms with Crippen molar-refractivity contribution in [2.24, 2.45) is 0 Å². The Morgan fingerprint density at radius 3 is 2.33 bits per heavy atom. The molecule has 3 aromatic rings. The van der Waals surface area contributed by atoms with Gasteiger partial charge in [0.05, 0.1) is 12.0 Å². The van der Waals surface area contributed by atoms with Gasteiger partial charge in [-0.2, -0.15) is 0 Å². The summed E-state index contributed by atoms with van der Waals surface area (Å²) in [5.41, 5.74) is 1.37. The second kappa shape index (κ2) is 8.79. The Bertz CT molecular complexity index is 1190. The molecule has 0 radical (unpaired) electrons. The minimum absolute atomic E-state index is 0.135. The van der Waals surface area contributed by atoms with Gasteiger partial charge in [-0.1, -0.05) is 18.2 Å². The first-order valence-corrected chi connectivity index (χ1v) is 10.2. The Hall–Kier alpha value is -3.65. The number of ketones is 1. The fraction of sp³-hybridized carbons (Fsp3) is 0.0455. The molecule has 0 aliphatic carbocycles. The molecule has 30 heavy (non-hydrogen) atoms. The van der Waals surface area contributed by atoms with Crippen molar-refractivity contribution in [1.82, 2.24) is 0 Å². The number of hydrogen-bond donors (Lipinski definition) is 2. The Kier molecular flexibility index (Phi) is 6.17. The van der Waals surface area contributed by atoms with Crippen molar-refractivity contribution in [2.75, 3.05) is 11.8 Å². The minimum atomic E-state index is -3.96. The molecule has 0 saturated carbocycles. The van der Waals surface area contributed by atoms with Crippen molar-refractivity contribution in [3.63, 3.8) is 0 Å². The molecule has 6 nitrogen and oxygen atoms in total. The number of aromatic hydroxyl groups is 1. The Labute approximate surface area is 173 Å². The molecule has 0 unspecified atom stereocenters. The van der Waals surface area contributed by atoms with Crippen LogP contribution >= 0.6 is 0 Å². The Balaban J connectivity index is 1.72. The van der Waals surface area contributed by atoms with Crippen LogP contribution in [0.3, 0.4) is 0 Å². The summed E-state index contributed by atoms with van der Waals surface area (Å²) in [4.78, 5) is 12.1. The van der Waals surface area contributed by atoms with Gasteiger partial charge in [-0.05, 0) is 60.2 Å². The van der Waals surface area contributed by atoms with Crippen molar-refractivity contribution < 1.29 is 27.4 Å². The molecule has 0 saturated heterocycles. The molecule has 3 aromatic carbocycles. The molecule has 0 aliphatic heterocycles. The minimum Gasteiger partial charge on any atom is -0.508 e. The number of sulfonamides is 1. The van der Waals surface area contributed by atoms with Gasteiger partial charge in [-0.25, -0.2) is 12.8 Å². The standard InChI is InChI=1S/C22H18FNO5S/c1-29-22-14-19(11-12-20(22)23)30(27,28)24-17-7-5-16(6-8-17)21(26)13-4-15-2-9-18(25)10-3-15/h2-14,24-25H,1H3/b13-4+. The van der Waals surface area contributed by atoms with E-state index in [9.17, 15) is 22.7 Å². The molecule has 0 aliphatic rings. The van der Waals surface area contributed by atoms with E-state index < -0.39 is 15.8 Å². The maximum atomic E-state index is 13.5. The summed E-state index contributed by atoms with van der Waals surface area (Å²) in [6.07, 6.45) is 3.00. The van der Waals surface area contributed by atoms with E-state index in [1.54, 1.807) is 18.2 Å². The van der Waals surface area contributed by atoms with E-state index in [2.05, 4.69) is 4.72 Å². The third kappa shape index (κ3) is 5.03. The molecule has 0 fully saturated rings. The van der Waals surface area contributed by atoms with E-state index in [4.69, 9.17) is 4.74 Å². The Morgan fingerprint density at radius 1 is 1.03 bits per heavy atom. The van der Waals surface area contributed by atoms with E-state index in [0.29, 0.717) is 5.56 Å². The van der Waals surface area contributed by atoms with Crippen molar-refractivity contribution in [1.29, 1.82) is 0 Å². The van der Waals surface area contributed by atoms with Crippen LogP contribution in [-0.2, 0) is 10.0 Å². The summed E-state index contributed by atoms with van der Waals surface area (Å²) in [5.74, 6) is -0.977. The number of carbonyl (C=O) groups is 1. The number of halogens is 1. The van der Waals surface area contributed by atoms with Gasteiger partial charge in [0.2, 0.25) is 0 Å². The number of allylic oxidation sites excluding steroid dienone is 1. The lowest BCUT2D eigenvalue weighted by atomic mass is 10.1. The van der Waals surface area contributed by atoms with Crippen LogP contribution < -0.4 is 9.46 Å². The van der Waals surface area contributed by atoms with Crippen LogP contribution in [0.2, 0.25) is 0 Å². The van der Waals surface area contributed by atoms with Gasteiger partial charge in [0.1, 0.15) is 5.75 Å². The molecule has 3 rings (SSSR count). The zero-order valence-corrected chi connectivity index (χ0v) is 16.7. The molecular weight excluding hydrogens is 409 g/mol. The molecule has 2 N–H and O–H groups in total. The molecule has 0 spiro atoms. The quantitative estimate of drug-likeness (QED) is 0.435. The fourth-order valence-corrected chi connectivity index (χ4v) is 3.65. The molecule has 0 atom stereocenters. The predicted molar refractivity (Wildman–Crippen MR) is 112 cm³/mol. The average molecular weight is 427 g/mol. The number of benzene rings is 3. The van der Waals surface area contributed by atoms with Crippen molar-refractivity contribution in [2.45, 2.75) is 4.90 Å². The molecule has 8 heteroatoms. The van der Waals surface area contributed by atoms with E-state index in [1.165, 1.54) is 49.6 Å². The van der Waals surface area contributed by atoms with E-state index in [1.807, 2.05) is 0 Å². The number of methoxy groups -OCH3 is 1. The lowest BCUT2D eigenvalue weighted by molar-refractivity contribution is 0.104. The summed E-state index contributed by atoms with van der Waals surface area (Å²) < 4.78 is 45.7. The van der Waals surface area contributed by atoms with E-state index in [0.717, 1.165) is 23.8 Å². The summed E-state index contributed by atoms with van der Waals surface area (Å²) >= 11 is 0. The lowest BCUT2D eigenvalue weighted by Crippen LogP contribution is -2.13. The van der Waals surface area contributed by atoms with Crippen molar-refractivity contribution >= 4 is 27.6 Å². The highest BCUT2D eigenvalue weighted by Crippen LogP contribution is 2.23. The highest BCUT2D eigenvalue weighted by atomic mass is 32.2. The normalized spacial score (nSPS) is 11.4. The number of phenols is 1.